The van der Waals surface area contributed by atoms with Crippen LogP contribution < -0.4 is 19.9 Å². The number of esters is 2. The van der Waals surface area contributed by atoms with Gasteiger partial charge in [0.05, 0.1) is 35.1 Å². The molecule has 0 aromatic heterocycles. The SMILES string of the molecule is [C-]#[N+]/C(C#N)=c1/cc(OCCOC(=O)c2cc(S(=O)(=O)O)ccc2O)/c(=C(\C#N)[N+]#[C-])cc1OCCOC(=O)c1cc(S(=O)(=O)O)ccc1O. The molecule has 4 N–H and O–H groups in total. The van der Waals surface area contributed by atoms with Gasteiger partial charge in [0.15, 0.2) is 0 Å². The Labute approximate surface area is 282 Å². The lowest BCUT2D eigenvalue weighted by molar-refractivity contribution is 0.0436. The topological polar surface area (TPSA) is 277 Å². The third-order valence-corrected chi connectivity index (χ3v) is 7.85. The minimum atomic E-state index is -4.71. The first-order chi connectivity index (χ1) is 23.5. The number of rotatable bonds is 12. The maximum Gasteiger partial charge on any atom is 0.342 e. The molecule has 0 atom stereocenters. The van der Waals surface area contributed by atoms with Crippen LogP contribution in [0.3, 0.4) is 0 Å². The minimum Gasteiger partial charge on any atom is -0.507 e. The molecule has 0 saturated carbocycles. The van der Waals surface area contributed by atoms with Gasteiger partial charge in [-0.15, -0.1) is 0 Å². The van der Waals surface area contributed by atoms with Crippen LogP contribution in [0.15, 0.2) is 58.3 Å². The zero-order chi connectivity index (χ0) is 37.2. The second-order valence-corrected chi connectivity index (χ2v) is 12.1. The number of nitrogens with zero attached hydrogens (tertiary/aromatic N) is 4. The fraction of sp³-hybridized carbons (Fsp3) is 0.133. The molecule has 0 bridgehead atoms. The Balaban J connectivity index is 1.85. The third kappa shape index (κ3) is 9.23. The Kier molecular flexibility index (Phi) is 12.0. The van der Waals surface area contributed by atoms with Gasteiger partial charge in [0.25, 0.3) is 31.6 Å². The molecule has 3 aromatic carbocycles. The summed E-state index contributed by atoms with van der Waals surface area (Å²) in [7, 11) is -9.43. The van der Waals surface area contributed by atoms with Crippen molar-refractivity contribution in [2.24, 2.45) is 0 Å². The molecule has 20 heteroatoms. The summed E-state index contributed by atoms with van der Waals surface area (Å²) in [5.41, 5.74) is -2.28. The number of aromatic hydroxyl groups is 2. The van der Waals surface area contributed by atoms with Gasteiger partial charge in [0.2, 0.25) is 0 Å². The van der Waals surface area contributed by atoms with Gasteiger partial charge in [0, 0.05) is 10.4 Å². The van der Waals surface area contributed by atoms with Gasteiger partial charge >= 0.3 is 11.9 Å². The molecule has 0 amide bonds. The summed E-state index contributed by atoms with van der Waals surface area (Å²) >= 11 is 0. The minimum absolute atomic E-state index is 0.197. The fourth-order valence-electron chi connectivity index (χ4n) is 3.87. The molecule has 0 aliphatic carbocycles. The van der Waals surface area contributed by atoms with Crippen LogP contribution in [-0.2, 0) is 29.7 Å². The van der Waals surface area contributed by atoms with Gasteiger partial charge < -0.3 is 29.2 Å². The summed E-state index contributed by atoms with van der Waals surface area (Å²) in [5, 5.41) is 38.5. The molecule has 0 saturated heterocycles. The van der Waals surface area contributed by atoms with Crippen molar-refractivity contribution in [2.75, 3.05) is 26.4 Å². The highest BCUT2D eigenvalue weighted by Crippen LogP contribution is 2.23. The summed E-state index contributed by atoms with van der Waals surface area (Å²) < 4.78 is 85.0. The lowest BCUT2D eigenvalue weighted by atomic mass is 10.1. The highest BCUT2D eigenvalue weighted by atomic mass is 32.2. The number of carbonyl (C=O) groups excluding carboxylic acids is 2. The van der Waals surface area contributed by atoms with E-state index in [1.165, 1.54) is 0 Å². The molecule has 0 heterocycles. The molecule has 18 nitrogen and oxygen atoms in total. The standard InChI is InChI=1S/C30H20N4O14S2/c1-33-23(15-31)19-13-28(46-8-10-48-30(38)22-12-18(50(42,43)44)4-6-26(22)36)20(24(16-32)34-2)14-27(19)45-7-9-47-29(37)21-11-17(49(39,40)41)3-5-25(21)35/h3-6,11-14,35-36H,7-10H2,(H,39,40,41)(H,42,43,44)/b23-19-,24-20+. The van der Waals surface area contributed by atoms with Gasteiger partial charge in [-0.05, 0) is 48.5 Å². The van der Waals surface area contributed by atoms with E-state index in [1.54, 1.807) is 12.1 Å². The second-order valence-electron chi connectivity index (χ2n) is 9.27. The first-order valence-electron chi connectivity index (χ1n) is 13.2. The summed E-state index contributed by atoms with van der Waals surface area (Å²) in [5.74, 6) is -4.22. The lowest BCUT2D eigenvalue weighted by Gasteiger charge is -2.13. The van der Waals surface area contributed by atoms with Gasteiger partial charge in [-0.2, -0.15) is 16.8 Å². The van der Waals surface area contributed by atoms with Crippen LogP contribution in [-0.4, -0.2) is 74.5 Å². The number of hydrogen-bond donors (Lipinski definition) is 4. The molecule has 0 unspecified atom stereocenters. The Morgan fingerprint density at radius 3 is 1.32 bits per heavy atom. The predicted octanol–water partition coefficient (Wildman–Crippen LogP) is 1.16. The average molecular weight is 725 g/mol. The predicted molar refractivity (Wildman–Crippen MR) is 164 cm³/mol. The first kappa shape index (κ1) is 37.8. The van der Waals surface area contributed by atoms with Gasteiger partial charge in [-0.25, -0.2) is 29.8 Å². The number of hydrogen-bond acceptors (Lipinski definition) is 14. The number of phenolic OH excluding ortho intramolecular Hbond substituents is 2. The number of phenols is 2. The zero-order valence-electron chi connectivity index (χ0n) is 24.9. The highest BCUT2D eigenvalue weighted by Gasteiger charge is 2.20. The van der Waals surface area contributed by atoms with E-state index in [9.17, 15) is 56.3 Å². The van der Waals surface area contributed by atoms with Crippen molar-refractivity contribution in [3.63, 3.8) is 0 Å². The normalized spacial score (nSPS) is 12.1. The van der Waals surface area contributed by atoms with E-state index in [4.69, 9.17) is 32.1 Å². The van der Waals surface area contributed by atoms with Crippen molar-refractivity contribution in [3.8, 4) is 35.1 Å². The monoisotopic (exact) mass is 724 g/mol. The van der Waals surface area contributed by atoms with Crippen LogP contribution in [0.1, 0.15) is 20.7 Å². The van der Waals surface area contributed by atoms with Crippen molar-refractivity contribution in [1.29, 1.82) is 10.5 Å². The van der Waals surface area contributed by atoms with E-state index in [0.717, 1.165) is 36.4 Å². The molecule has 3 aromatic rings. The molecule has 0 aliphatic rings. The van der Waals surface area contributed by atoms with Crippen LogP contribution in [0.5, 0.6) is 23.0 Å². The van der Waals surface area contributed by atoms with Gasteiger partial charge in [-0.3, -0.25) is 9.11 Å². The quantitative estimate of drug-likeness (QED) is 0.0883. The summed E-state index contributed by atoms with van der Waals surface area (Å²) in [4.78, 5) is 29.7. The van der Waals surface area contributed by atoms with Crippen molar-refractivity contribution in [2.45, 2.75) is 9.79 Å². The average Bonchev–Trinajstić information content (AvgIpc) is 3.06. The number of nitriles is 2. The van der Waals surface area contributed by atoms with Gasteiger partial charge in [-0.1, -0.05) is 0 Å². The lowest BCUT2D eigenvalue weighted by Crippen LogP contribution is -2.23. The molecule has 50 heavy (non-hydrogen) atoms. The maximum absolute atomic E-state index is 12.4. The van der Waals surface area contributed by atoms with E-state index >= 15 is 0 Å². The molecular weight excluding hydrogens is 704 g/mol. The third-order valence-electron chi connectivity index (χ3n) is 6.15. The van der Waals surface area contributed by atoms with Crippen molar-refractivity contribution < 1.29 is 64.7 Å². The molecule has 0 spiro atoms. The molecule has 0 aliphatic heterocycles. The van der Waals surface area contributed by atoms with Crippen LogP contribution >= 0.6 is 0 Å². The van der Waals surface area contributed by atoms with Crippen LogP contribution in [0, 0.1) is 35.8 Å². The molecular formula is C30H20N4O14S2. The van der Waals surface area contributed by atoms with Gasteiger partial charge in [0.1, 0.15) is 60.6 Å². The zero-order valence-corrected chi connectivity index (χ0v) is 26.6. The second kappa shape index (κ2) is 15.9. The molecule has 0 fully saturated rings. The van der Waals surface area contributed by atoms with Crippen molar-refractivity contribution in [1.82, 2.24) is 0 Å². The first-order valence-corrected chi connectivity index (χ1v) is 16.1. The number of ether oxygens (including phenoxy) is 4. The Bertz CT molecular complexity index is 2200. The smallest absolute Gasteiger partial charge is 0.342 e. The highest BCUT2D eigenvalue weighted by molar-refractivity contribution is 7.86. The largest absolute Gasteiger partial charge is 0.507 e. The molecule has 3 rings (SSSR count). The maximum atomic E-state index is 12.4. The summed E-state index contributed by atoms with van der Waals surface area (Å²) in [6.07, 6.45) is 0. The Hall–Kier alpha value is -6.68. The van der Waals surface area contributed by atoms with Crippen molar-refractivity contribution >= 4 is 43.6 Å². The number of benzene rings is 3. The van der Waals surface area contributed by atoms with E-state index < -0.39 is 102 Å². The Morgan fingerprint density at radius 2 is 1.02 bits per heavy atom. The van der Waals surface area contributed by atoms with E-state index in [0.29, 0.717) is 12.1 Å². The van der Waals surface area contributed by atoms with Crippen molar-refractivity contribution in [3.05, 3.63) is 92.9 Å². The fourth-order valence-corrected chi connectivity index (χ4v) is 4.88. The molecule has 256 valence electrons. The summed E-state index contributed by atoms with van der Waals surface area (Å²) in [6.45, 7) is 12.7. The van der Waals surface area contributed by atoms with E-state index in [1.807, 2.05) is 0 Å². The van der Waals surface area contributed by atoms with Crippen LogP contribution in [0.4, 0.5) is 0 Å². The Morgan fingerprint density at radius 1 is 0.660 bits per heavy atom. The van der Waals surface area contributed by atoms with E-state index in [-0.39, 0.29) is 21.9 Å². The number of carbonyl (C=O) groups is 2. The van der Waals surface area contributed by atoms with E-state index in [2.05, 4.69) is 9.69 Å². The molecule has 0 radical (unpaired) electrons. The van der Waals surface area contributed by atoms with Crippen LogP contribution in [0.25, 0.3) is 21.1 Å². The van der Waals surface area contributed by atoms with Crippen LogP contribution in [0.2, 0.25) is 0 Å². The summed E-state index contributed by atoms with van der Waals surface area (Å²) in [6, 6.07) is 10.2.